The predicted octanol–water partition coefficient (Wildman–Crippen LogP) is 2.57. The van der Waals surface area contributed by atoms with Crippen LogP contribution >= 0.6 is 0 Å². The van der Waals surface area contributed by atoms with Gasteiger partial charge in [-0.2, -0.15) is 0 Å². The number of aryl methyl sites for hydroxylation is 1. The molecule has 3 N–H and O–H groups in total. The van der Waals surface area contributed by atoms with Gasteiger partial charge in [0.25, 0.3) is 5.91 Å². The van der Waals surface area contributed by atoms with Crippen LogP contribution in [0.15, 0.2) is 40.8 Å². The van der Waals surface area contributed by atoms with Gasteiger partial charge in [0, 0.05) is 17.2 Å². The monoisotopic (exact) mass is 342 g/mol. The summed E-state index contributed by atoms with van der Waals surface area (Å²) in [7, 11) is 0. The summed E-state index contributed by atoms with van der Waals surface area (Å²) in [4.78, 5) is 24.2. The Labute approximate surface area is 146 Å². The molecule has 1 atom stereocenters. The van der Waals surface area contributed by atoms with Crippen LogP contribution in [0.4, 0.5) is 5.69 Å². The predicted molar refractivity (Wildman–Crippen MR) is 93.1 cm³/mol. The van der Waals surface area contributed by atoms with Crippen molar-refractivity contribution in [2.75, 3.05) is 11.9 Å². The Kier molecular flexibility index (Phi) is 4.63. The van der Waals surface area contributed by atoms with Gasteiger partial charge in [-0.1, -0.05) is 6.07 Å². The molecule has 0 saturated heterocycles. The Bertz CT molecular complexity index is 790. The van der Waals surface area contributed by atoms with E-state index in [2.05, 4.69) is 10.6 Å². The lowest BCUT2D eigenvalue weighted by Crippen LogP contribution is -2.38. The quantitative estimate of drug-likeness (QED) is 0.752. The lowest BCUT2D eigenvalue weighted by molar-refractivity contribution is -0.117. The summed E-state index contributed by atoms with van der Waals surface area (Å²) in [6.45, 7) is 3.38. The highest BCUT2D eigenvalue weighted by molar-refractivity contribution is 5.98. The van der Waals surface area contributed by atoms with Gasteiger partial charge in [0.05, 0.1) is 6.54 Å². The summed E-state index contributed by atoms with van der Waals surface area (Å²) >= 11 is 0. The minimum absolute atomic E-state index is 0.00585. The first-order valence-electron chi connectivity index (χ1n) is 8.33. The number of furan rings is 1. The van der Waals surface area contributed by atoms with E-state index in [1.54, 1.807) is 50.2 Å². The molecule has 1 fully saturated rings. The molecule has 1 aromatic heterocycles. The molecule has 0 radical (unpaired) electrons. The van der Waals surface area contributed by atoms with Gasteiger partial charge in [-0.15, -0.1) is 0 Å². The lowest BCUT2D eigenvalue weighted by atomic mass is 10.0. The smallest absolute Gasteiger partial charge is 0.251 e. The van der Waals surface area contributed by atoms with Crippen LogP contribution in [0.5, 0.6) is 0 Å². The molecule has 6 heteroatoms. The van der Waals surface area contributed by atoms with E-state index in [9.17, 15) is 14.7 Å². The number of carbonyl (C=O) groups excluding carboxylic acids is 2. The van der Waals surface area contributed by atoms with E-state index in [1.807, 2.05) is 0 Å². The molecule has 1 aliphatic rings. The fourth-order valence-corrected chi connectivity index (χ4v) is 2.49. The Morgan fingerprint density at radius 3 is 2.68 bits per heavy atom. The maximum absolute atomic E-state index is 12.3. The van der Waals surface area contributed by atoms with Crippen LogP contribution in [0.25, 0.3) is 0 Å². The second-order valence-corrected chi connectivity index (χ2v) is 6.71. The molecule has 132 valence electrons. The SMILES string of the molecule is Cc1ccc(C(C)(O)CNC(=O)c2cccc(NC(=O)C3CC3)c2)o1. The molecular weight excluding hydrogens is 320 g/mol. The fraction of sp³-hybridized carbons (Fsp3) is 0.368. The molecule has 1 heterocycles. The van der Waals surface area contributed by atoms with Crippen molar-refractivity contribution in [1.82, 2.24) is 5.32 Å². The number of carbonyl (C=O) groups is 2. The second kappa shape index (κ2) is 6.72. The number of benzene rings is 1. The summed E-state index contributed by atoms with van der Waals surface area (Å²) in [6, 6.07) is 10.2. The Hall–Kier alpha value is -2.60. The molecule has 6 nitrogen and oxygen atoms in total. The van der Waals surface area contributed by atoms with Crippen molar-refractivity contribution in [2.24, 2.45) is 5.92 Å². The molecule has 3 rings (SSSR count). The van der Waals surface area contributed by atoms with Crippen molar-refractivity contribution in [3.63, 3.8) is 0 Å². The van der Waals surface area contributed by atoms with E-state index in [1.165, 1.54) is 0 Å². The Morgan fingerprint density at radius 1 is 1.28 bits per heavy atom. The minimum atomic E-state index is -1.30. The van der Waals surface area contributed by atoms with Crippen LogP contribution in [0.1, 0.15) is 41.6 Å². The van der Waals surface area contributed by atoms with Crippen molar-refractivity contribution in [3.05, 3.63) is 53.5 Å². The van der Waals surface area contributed by atoms with Gasteiger partial charge in [-0.3, -0.25) is 9.59 Å². The van der Waals surface area contributed by atoms with Crippen LogP contribution in [-0.4, -0.2) is 23.5 Å². The molecule has 2 aromatic rings. The van der Waals surface area contributed by atoms with Gasteiger partial charge in [-0.05, 0) is 57.0 Å². The summed E-state index contributed by atoms with van der Waals surface area (Å²) in [5, 5.41) is 16.0. The molecule has 1 unspecified atom stereocenters. The molecule has 0 spiro atoms. The molecule has 0 aliphatic heterocycles. The zero-order valence-corrected chi connectivity index (χ0v) is 14.3. The van der Waals surface area contributed by atoms with Crippen LogP contribution in [-0.2, 0) is 10.4 Å². The summed E-state index contributed by atoms with van der Waals surface area (Å²) in [5.41, 5.74) is -0.292. The van der Waals surface area contributed by atoms with Gasteiger partial charge in [0.2, 0.25) is 5.91 Å². The minimum Gasteiger partial charge on any atom is -0.463 e. The number of anilines is 1. The zero-order valence-electron chi connectivity index (χ0n) is 14.3. The normalized spacial score (nSPS) is 16.1. The average Bonchev–Trinajstić information content (AvgIpc) is 3.34. The van der Waals surface area contributed by atoms with Gasteiger partial charge in [-0.25, -0.2) is 0 Å². The fourth-order valence-electron chi connectivity index (χ4n) is 2.49. The number of hydrogen-bond acceptors (Lipinski definition) is 4. The highest BCUT2D eigenvalue weighted by Gasteiger charge is 2.30. The highest BCUT2D eigenvalue weighted by atomic mass is 16.4. The van der Waals surface area contributed by atoms with E-state index in [0.717, 1.165) is 12.8 Å². The van der Waals surface area contributed by atoms with Crippen LogP contribution < -0.4 is 10.6 Å². The lowest BCUT2D eigenvalue weighted by Gasteiger charge is -2.21. The first kappa shape index (κ1) is 17.2. The van der Waals surface area contributed by atoms with Crippen LogP contribution in [0, 0.1) is 12.8 Å². The molecule has 1 saturated carbocycles. The first-order chi connectivity index (χ1) is 11.8. The molecule has 25 heavy (non-hydrogen) atoms. The van der Waals surface area contributed by atoms with E-state index in [-0.39, 0.29) is 24.3 Å². The summed E-state index contributed by atoms with van der Waals surface area (Å²) in [6.07, 6.45) is 1.85. The summed E-state index contributed by atoms with van der Waals surface area (Å²) < 4.78 is 5.43. The number of amides is 2. The number of aliphatic hydroxyl groups is 1. The summed E-state index contributed by atoms with van der Waals surface area (Å²) in [5.74, 6) is 0.862. The van der Waals surface area contributed by atoms with Gasteiger partial charge >= 0.3 is 0 Å². The Morgan fingerprint density at radius 2 is 2.04 bits per heavy atom. The highest BCUT2D eigenvalue weighted by Crippen LogP contribution is 2.30. The number of rotatable bonds is 6. The van der Waals surface area contributed by atoms with Crippen molar-refractivity contribution < 1.29 is 19.1 Å². The third-order valence-electron chi connectivity index (χ3n) is 4.20. The number of hydrogen-bond donors (Lipinski definition) is 3. The van der Waals surface area contributed by atoms with E-state index in [0.29, 0.717) is 22.8 Å². The third-order valence-corrected chi connectivity index (χ3v) is 4.20. The van der Waals surface area contributed by atoms with Crippen molar-refractivity contribution in [3.8, 4) is 0 Å². The van der Waals surface area contributed by atoms with Crippen molar-refractivity contribution in [1.29, 1.82) is 0 Å². The molecule has 1 aromatic carbocycles. The van der Waals surface area contributed by atoms with Crippen molar-refractivity contribution in [2.45, 2.75) is 32.3 Å². The molecule has 0 bridgehead atoms. The second-order valence-electron chi connectivity index (χ2n) is 6.71. The van der Waals surface area contributed by atoms with Crippen LogP contribution in [0.2, 0.25) is 0 Å². The third kappa shape index (κ3) is 4.28. The first-order valence-corrected chi connectivity index (χ1v) is 8.33. The van der Waals surface area contributed by atoms with Crippen molar-refractivity contribution >= 4 is 17.5 Å². The van der Waals surface area contributed by atoms with Crippen LogP contribution in [0.3, 0.4) is 0 Å². The average molecular weight is 342 g/mol. The maximum Gasteiger partial charge on any atom is 0.251 e. The molecule has 1 aliphatic carbocycles. The van der Waals surface area contributed by atoms with Gasteiger partial charge in [0.1, 0.15) is 17.1 Å². The topological polar surface area (TPSA) is 91.6 Å². The van der Waals surface area contributed by atoms with Gasteiger partial charge < -0.3 is 20.2 Å². The molecular formula is C19H22N2O4. The largest absolute Gasteiger partial charge is 0.463 e. The van der Waals surface area contributed by atoms with Gasteiger partial charge in [0.15, 0.2) is 0 Å². The standard InChI is InChI=1S/C19H22N2O4/c1-12-6-9-16(25-12)19(2,24)11-20-17(22)14-4-3-5-15(10-14)21-18(23)13-7-8-13/h3-6,9-10,13,24H,7-8,11H2,1-2H3,(H,20,22)(H,21,23). The zero-order chi connectivity index (χ0) is 18.0. The van der Waals surface area contributed by atoms with E-state index < -0.39 is 5.60 Å². The maximum atomic E-state index is 12.3. The number of nitrogens with one attached hydrogen (secondary N) is 2. The molecule has 2 amide bonds. The Balaban J connectivity index is 1.61. The van der Waals surface area contributed by atoms with E-state index >= 15 is 0 Å². The van der Waals surface area contributed by atoms with E-state index in [4.69, 9.17) is 4.42 Å².